The molecule has 0 saturated carbocycles. The number of carbonyl (C=O) groups is 2. The molecule has 7 heteroatoms. The number of halogens is 2. The lowest BCUT2D eigenvalue weighted by molar-refractivity contribution is -0.121. The topological polar surface area (TPSA) is 69.6 Å². The number of carbonyl (C=O) groups excluding carboxylic acids is 2. The number of aromatic hydroxyl groups is 1. The minimum absolute atomic E-state index is 0.0605. The highest BCUT2D eigenvalue weighted by atomic mass is 35.5. The van der Waals surface area contributed by atoms with Crippen LogP contribution in [0.25, 0.3) is 0 Å². The van der Waals surface area contributed by atoms with Crippen molar-refractivity contribution in [2.45, 2.75) is 12.8 Å². The van der Waals surface area contributed by atoms with Crippen molar-refractivity contribution in [1.29, 1.82) is 0 Å². The molecule has 1 fully saturated rings. The molecule has 5 nitrogen and oxygen atoms in total. The van der Waals surface area contributed by atoms with Crippen LogP contribution in [0.2, 0.25) is 10.0 Å². The first-order valence-corrected chi connectivity index (χ1v) is 9.03. The smallest absolute Gasteiger partial charge is 0.253 e. The quantitative estimate of drug-likeness (QED) is 0.822. The summed E-state index contributed by atoms with van der Waals surface area (Å²) in [5.41, 5.74) is 1.01. The van der Waals surface area contributed by atoms with E-state index >= 15 is 0 Å². The summed E-state index contributed by atoms with van der Waals surface area (Å²) >= 11 is 11.9. The van der Waals surface area contributed by atoms with Gasteiger partial charge in [-0.3, -0.25) is 9.59 Å². The molecule has 1 aliphatic heterocycles. The lowest BCUT2D eigenvalue weighted by Gasteiger charge is -2.31. The van der Waals surface area contributed by atoms with Crippen LogP contribution in [0.5, 0.6) is 5.75 Å². The van der Waals surface area contributed by atoms with Crippen molar-refractivity contribution in [3.05, 3.63) is 58.1 Å². The number of piperidine rings is 1. The maximum absolute atomic E-state index is 12.5. The molecule has 0 atom stereocenters. The van der Waals surface area contributed by atoms with E-state index in [2.05, 4.69) is 5.32 Å². The minimum Gasteiger partial charge on any atom is -0.508 e. The van der Waals surface area contributed by atoms with Crippen LogP contribution >= 0.6 is 23.2 Å². The van der Waals surface area contributed by atoms with E-state index in [4.69, 9.17) is 23.2 Å². The second-order valence-corrected chi connectivity index (χ2v) is 7.14. The van der Waals surface area contributed by atoms with Crippen molar-refractivity contribution >= 4 is 40.7 Å². The molecule has 0 aliphatic carbocycles. The van der Waals surface area contributed by atoms with Gasteiger partial charge in [0, 0.05) is 40.3 Å². The third-order valence-electron chi connectivity index (χ3n) is 4.38. The van der Waals surface area contributed by atoms with Gasteiger partial charge in [-0.1, -0.05) is 29.3 Å². The fourth-order valence-corrected chi connectivity index (χ4v) is 3.56. The Morgan fingerprint density at radius 1 is 1.04 bits per heavy atom. The van der Waals surface area contributed by atoms with Crippen LogP contribution in [0.15, 0.2) is 42.5 Å². The monoisotopic (exact) mass is 392 g/mol. The lowest BCUT2D eigenvalue weighted by atomic mass is 9.95. The average Bonchev–Trinajstić information content (AvgIpc) is 2.60. The van der Waals surface area contributed by atoms with Crippen LogP contribution in [-0.2, 0) is 4.79 Å². The van der Waals surface area contributed by atoms with Crippen LogP contribution < -0.4 is 5.32 Å². The number of phenols is 1. The first-order chi connectivity index (χ1) is 12.4. The summed E-state index contributed by atoms with van der Waals surface area (Å²) in [7, 11) is 0. The number of nitrogens with one attached hydrogen (secondary N) is 1. The second kappa shape index (κ2) is 7.98. The third kappa shape index (κ3) is 4.48. The second-order valence-electron chi connectivity index (χ2n) is 6.26. The number of nitrogens with zero attached hydrogens (tertiary/aromatic N) is 1. The molecule has 2 aromatic rings. The summed E-state index contributed by atoms with van der Waals surface area (Å²) in [5, 5.41) is 13.3. The fourth-order valence-electron chi connectivity index (χ4n) is 3.04. The molecule has 0 radical (unpaired) electrons. The van der Waals surface area contributed by atoms with Gasteiger partial charge < -0.3 is 15.3 Å². The standard InChI is InChI=1S/C19H18Cl2N2O3/c20-14-9-15(21)11-16(10-14)22-18(25)12-4-6-23(7-5-12)19(26)13-2-1-3-17(24)8-13/h1-3,8-12,24H,4-7H2,(H,22,25). The van der Waals surface area contributed by atoms with Gasteiger partial charge in [0.1, 0.15) is 5.75 Å². The number of likely N-dealkylation sites (tertiary alicyclic amines) is 1. The molecule has 2 amide bonds. The molecule has 2 N–H and O–H groups in total. The van der Waals surface area contributed by atoms with Crippen molar-refractivity contribution in [1.82, 2.24) is 4.90 Å². The molecule has 0 unspecified atom stereocenters. The van der Waals surface area contributed by atoms with Gasteiger partial charge in [-0.2, -0.15) is 0 Å². The first kappa shape index (κ1) is 18.5. The predicted molar refractivity (Wildman–Crippen MR) is 102 cm³/mol. The Kier molecular flexibility index (Phi) is 5.69. The van der Waals surface area contributed by atoms with Gasteiger partial charge in [0.25, 0.3) is 5.91 Å². The van der Waals surface area contributed by atoms with E-state index in [0.717, 1.165) is 0 Å². The number of rotatable bonds is 3. The van der Waals surface area contributed by atoms with Crippen LogP contribution in [0, 0.1) is 5.92 Å². The molecule has 26 heavy (non-hydrogen) atoms. The van der Waals surface area contributed by atoms with Crippen molar-refractivity contribution in [2.24, 2.45) is 5.92 Å². The normalized spacial score (nSPS) is 14.9. The average molecular weight is 393 g/mol. The number of hydrogen-bond donors (Lipinski definition) is 2. The summed E-state index contributed by atoms with van der Waals surface area (Å²) in [5.74, 6) is -0.361. The van der Waals surface area contributed by atoms with E-state index in [1.165, 1.54) is 12.1 Å². The number of amides is 2. The van der Waals surface area contributed by atoms with Crippen molar-refractivity contribution in [2.75, 3.05) is 18.4 Å². The highest BCUT2D eigenvalue weighted by Crippen LogP contribution is 2.25. The molecule has 0 spiro atoms. The largest absolute Gasteiger partial charge is 0.508 e. The van der Waals surface area contributed by atoms with E-state index in [1.807, 2.05) is 0 Å². The molecular formula is C19H18Cl2N2O3. The number of hydrogen-bond acceptors (Lipinski definition) is 3. The highest BCUT2D eigenvalue weighted by Gasteiger charge is 2.28. The lowest BCUT2D eigenvalue weighted by Crippen LogP contribution is -2.41. The van der Waals surface area contributed by atoms with Gasteiger partial charge in [-0.25, -0.2) is 0 Å². The molecular weight excluding hydrogens is 375 g/mol. The van der Waals surface area contributed by atoms with Crippen molar-refractivity contribution in [3.8, 4) is 5.75 Å². The Balaban J connectivity index is 1.57. The Morgan fingerprint density at radius 3 is 2.31 bits per heavy atom. The number of benzene rings is 2. The summed E-state index contributed by atoms with van der Waals surface area (Å²) < 4.78 is 0. The Bertz CT molecular complexity index is 813. The highest BCUT2D eigenvalue weighted by molar-refractivity contribution is 6.35. The zero-order chi connectivity index (χ0) is 18.7. The Hall–Kier alpha value is -2.24. The molecule has 0 aromatic heterocycles. The molecule has 2 aromatic carbocycles. The van der Waals surface area contributed by atoms with E-state index in [9.17, 15) is 14.7 Å². The van der Waals surface area contributed by atoms with E-state index in [0.29, 0.717) is 47.2 Å². The first-order valence-electron chi connectivity index (χ1n) is 8.27. The minimum atomic E-state index is -0.180. The SMILES string of the molecule is O=C(Nc1cc(Cl)cc(Cl)c1)C1CCN(C(=O)c2cccc(O)c2)CC1. The van der Waals surface area contributed by atoms with Gasteiger partial charge in [0.15, 0.2) is 0 Å². The number of phenolic OH excluding ortho intramolecular Hbond substituents is 1. The fraction of sp³-hybridized carbons (Fsp3) is 0.263. The van der Waals surface area contributed by atoms with Crippen LogP contribution in [0.4, 0.5) is 5.69 Å². The summed E-state index contributed by atoms with van der Waals surface area (Å²) in [6.45, 7) is 0.978. The molecule has 1 saturated heterocycles. The van der Waals surface area contributed by atoms with Gasteiger partial charge in [-0.05, 0) is 49.2 Å². The zero-order valence-corrected chi connectivity index (χ0v) is 15.4. The van der Waals surface area contributed by atoms with Gasteiger partial charge in [0.05, 0.1) is 0 Å². The summed E-state index contributed by atoms with van der Waals surface area (Å²) in [4.78, 5) is 26.6. The zero-order valence-electron chi connectivity index (χ0n) is 13.9. The van der Waals surface area contributed by atoms with Gasteiger partial charge in [-0.15, -0.1) is 0 Å². The summed E-state index contributed by atoms with van der Waals surface area (Å²) in [6, 6.07) is 11.2. The van der Waals surface area contributed by atoms with E-state index in [-0.39, 0.29) is 23.5 Å². The van der Waals surface area contributed by atoms with Gasteiger partial charge in [0.2, 0.25) is 5.91 Å². The molecule has 3 rings (SSSR count). The third-order valence-corrected chi connectivity index (χ3v) is 4.81. The van der Waals surface area contributed by atoms with Gasteiger partial charge >= 0.3 is 0 Å². The molecule has 1 aliphatic rings. The molecule has 0 bridgehead atoms. The predicted octanol–water partition coefficient (Wildman–Crippen LogP) is 4.19. The van der Waals surface area contributed by atoms with E-state index < -0.39 is 0 Å². The maximum atomic E-state index is 12.5. The Labute approximate surface area is 161 Å². The van der Waals surface area contributed by atoms with Crippen molar-refractivity contribution in [3.63, 3.8) is 0 Å². The summed E-state index contributed by atoms with van der Waals surface area (Å²) in [6.07, 6.45) is 1.15. The number of anilines is 1. The van der Waals surface area contributed by atoms with Crippen LogP contribution in [0.1, 0.15) is 23.2 Å². The Morgan fingerprint density at radius 2 is 1.69 bits per heavy atom. The maximum Gasteiger partial charge on any atom is 0.253 e. The van der Waals surface area contributed by atoms with Crippen LogP contribution in [-0.4, -0.2) is 34.9 Å². The van der Waals surface area contributed by atoms with E-state index in [1.54, 1.807) is 35.2 Å². The molecule has 1 heterocycles. The van der Waals surface area contributed by atoms with Crippen molar-refractivity contribution < 1.29 is 14.7 Å². The van der Waals surface area contributed by atoms with Crippen LogP contribution in [0.3, 0.4) is 0 Å². The molecule has 136 valence electrons.